The molecule has 0 aliphatic carbocycles. The highest BCUT2D eigenvalue weighted by Crippen LogP contribution is 2.28. The van der Waals surface area contributed by atoms with Gasteiger partial charge in [-0.1, -0.05) is 12.2 Å². The molecule has 3 nitrogen and oxygen atoms in total. The summed E-state index contributed by atoms with van der Waals surface area (Å²) in [5.41, 5.74) is 5.40. The van der Waals surface area contributed by atoms with Crippen LogP contribution >= 0.6 is 12.2 Å². The molecule has 0 fully saturated rings. The zero-order valence-corrected chi connectivity index (χ0v) is 10.8. The smallest absolute Gasteiger partial charge is 0.389 e. The molecule has 1 heterocycles. The second-order valence-corrected chi connectivity index (χ2v) is 4.53. The zero-order chi connectivity index (χ0) is 14.9. The fourth-order valence-electron chi connectivity index (χ4n) is 1.70. The third-order valence-corrected chi connectivity index (χ3v) is 2.85. The Bertz CT molecular complexity index is 648. The van der Waals surface area contributed by atoms with Gasteiger partial charge in [-0.2, -0.15) is 18.3 Å². The van der Waals surface area contributed by atoms with E-state index in [9.17, 15) is 17.6 Å². The van der Waals surface area contributed by atoms with E-state index in [-0.39, 0.29) is 11.5 Å². The fraction of sp³-hybridized carbons (Fsp3) is 0.167. The molecule has 0 aliphatic rings. The van der Waals surface area contributed by atoms with Crippen molar-refractivity contribution in [1.29, 1.82) is 0 Å². The number of benzene rings is 1. The van der Waals surface area contributed by atoms with Crippen LogP contribution in [0.1, 0.15) is 16.7 Å². The summed E-state index contributed by atoms with van der Waals surface area (Å²) in [6, 6.07) is 3.74. The lowest BCUT2D eigenvalue weighted by Gasteiger charge is -2.08. The Hall–Kier alpha value is -1.96. The number of nitrogens with two attached hydrogens (primary N) is 1. The quantitative estimate of drug-likeness (QED) is 0.700. The molecule has 0 amide bonds. The highest BCUT2D eigenvalue weighted by Gasteiger charge is 2.32. The number of rotatable bonds is 3. The number of alkyl halides is 3. The molecule has 0 unspecified atom stereocenters. The fourth-order valence-corrected chi connectivity index (χ4v) is 1.90. The second kappa shape index (κ2) is 5.20. The third kappa shape index (κ3) is 3.13. The minimum absolute atomic E-state index is 0.0446. The summed E-state index contributed by atoms with van der Waals surface area (Å²) in [5.74, 6) is -0.525. The van der Waals surface area contributed by atoms with Crippen LogP contribution in [-0.4, -0.2) is 14.8 Å². The molecule has 2 aromatic rings. The lowest BCUT2D eigenvalue weighted by Crippen LogP contribution is -2.14. The zero-order valence-electron chi connectivity index (χ0n) is 9.99. The predicted octanol–water partition coefficient (Wildman–Crippen LogP) is 2.72. The maximum atomic E-state index is 13.2. The standard InChI is InChI=1S/C12H9F4N3S/c13-9-1-2-10(11(17)20)7(3-9)5-19-6-8(4-18-19)12(14,15)16/h1-4,6H,5H2,(H2,17,20). The first kappa shape index (κ1) is 14.4. The van der Waals surface area contributed by atoms with E-state index in [4.69, 9.17) is 18.0 Å². The molecule has 20 heavy (non-hydrogen) atoms. The van der Waals surface area contributed by atoms with Gasteiger partial charge in [0.2, 0.25) is 0 Å². The summed E-state index contributed by atoms with van der Waals surface area (Å²) in [4.78, 5) is 0.0446. The number of hydrogen-bond donors (Lipinski definition) is 1. The van der Waals surface area contributed by atoms with E-state index in [2.05, 4.69) is 5.10 Å². The third-order valence-electron chi connectivity index (χ3n) is 2.63. The monoisotopic (exact) mass is 303 g/mol. The van der Waals surface area contributed by atoms with Crippen LogP contribution in [-0.2, 0) is 12.7 Å². The minimum atomic E-state index is -4.47. The van der Waals surface area contributed by atoms with E-state index in [0.717, 1.165) is 10.9 Å². The summed E-state index contributed by atoms with van der Waals surface area (Å²) in [6.45, 7) is -0.0550. The van der Waals surface area contributed by atoms with Gasteiger partial charge in [-0.15, -0.1) is 0 Å². The highest BCUT2D eigenvalue weighted by molar-refractivity contribution is 7.80. The maximum absolute atomic E-state index is 13.2. The van der Waals surface area contributed by atoms with Gasteiger partial charge < -0.3 is 5.73 Å². The van der Waals surface area contributed by atoms with Crippen molar-refractivity contribution in [1.82, 2.24) is 9.78 Å². The van der Waals surface area contributed by atoms with Crippen LogP contribution in [0.2, 0.25) is 0 Å². The van der Waals surface area contributed by atoms with Gasteiger partial charge >= 0.3 is 6.18 Å². The van der Waals surface area contributed by atoms with Gasteiger partial charge in [0.15, 0.2) is 0 Å². The van der Waals surface area contributed by atoms with Crippen molar-refractivity contribution in [2.24, 2.45) is 5.73 Å². The van der Waals surface area contributed by atoms with Crippen molar-refractivity contribution in [2.45, 2.75) is 12.7 Å². The molecule has 0 atom stereocenters. The first-order valence-electron chi connectivity index (χ1n) is 5.45. The number of aromatic nitrogens is 2. The number of hydrogen-bond acceptors (Lipinski definition) is 2. The van der Waals surface area contributed by atoms with E-state index in [1.807, 2.05) is 0 Å². The molecule has 0 bridgehead atoms. The van der Waals surface area contributed by atoms with Crippen molar-refractivity contribution in [3.63, 3.8) is 0 Å². The Balaban J connectivity index is 2.32. The highest BCUT2D eigenvalue weighted by atomic mass is 32.1. The van der Waals surface area contributed by atoms with Gasteiger partial charge in [0, 0.05) is 11.8 Å². The average molecular weight is 303 g/mol. The van der Waals surface area contributed by atoms with Crippen LogP contribution < -0.4 is 5.73 Å². The Labute approximate surface area is 117 Å². The van der Waals surface area contributed by atoms with Gasteiger partial charge in [-0.3, -0.25) is 4.68 Å². The lowest BCUT2D eigenvalue weighted by molar-refractivity contribution is -0.137. The summed E-state index contributed by atoms with van der Waals surface area (Å²) >= 11 is 4.82. The Morgan fingerprint density at radius 2 is 2.05 bits per heavy atom. The number of halogens is 4. The predicted molar refractivity (Wildman–Crippen MR) is 68.6 cm³/mol. The van der Waals surface area contributed by atoms with E-state index < -0.39 is 17.6 Å². The van der Waals surface area contributed by atoms with Crippen molar-refractivity contribution < 1.29 is 17.6 Å². The van der Waals surface area contributed by atoms with E-state index in [0.29, 0.717) is 17.3 Å². The molecule has 2 N–H and O–H groups in total. The summed E-state index contributed by atoms with van der Waals surface area (Å²) in [6.07, 6.45) is -2.92. The number of thiocarbonyl (C=S) groups is 1. The van der Waals surface area contributed by atoms with Crippen LogP contribution in [0, 0.1) is 5.82 Å². The topological polar surface area (TPSA) is 43.8 Å². The molecule has 0 saturated heterocycles. The van der Waals surface area contributed by atoms with Crippen LogP contribution in [0.4, 0.5) is 17.6 Å². The average Bonchev–Trinajstić information content (AvgIpc) is 2.76. The van der Waals surface area contributed by atoms with Gasteiger partial charge in [0.25, 0.3) is 0 Å². The summed E-state index contributed by atoms with van der Waals surface area (Å²) < 4.78 is 51.6. The molecular formula is C12H9F4N3S. The van der Waals surface area contributed by atoms with Crippen molar-refractivity contribution >= 4 is 17.2 Å². The first-order valence-corrected chi connectivity index (χ1v) is 5.86. The van der Waals surface area contributed by atoms with E-state index >= 15 is 0 Å². The van der Waals surface area contributed by atoms with Gasteiger partial charge in [0.05, 0.1) is 18.3 Å². The van der Waals surface area contributed by atoms with E-state index in [1.54, 1.807) is 0 Å². The minimum Gasteiger partial charge on any atom is -0.389 e. The Morgan fingerprint density at radius 3 is 2.60 bits per heavy atom. The molecule has 8 heteroatoms. The second-order valence-electron chi connectivity index (χ2n) is 4.09. The van der Waals surface area contributed by atoms with Crippen LogP contribution in [0.25, 0.3) is 0 Å². The first-order chi connectivity index (χ1) is 9.27. The van der Waals surface area contributed by atoms with Gasteiger partial charge in [-0.25, -0.2) is 4.39 Å². The normalized spacial score (nSPS) is 11.6. The Kier molecular flexibility index (Phi) is 3.76. The van der Waals surface area contributed by atoms with Crippen molar-refractivity contribution in [2.75, 3.05) is 0 Å². The molecule has 0 spiro atoms. The molecule has 1 aromatic heterocycles. The van der Waals surface area contributed by atoms with E-state index in [1.165, 1.54) is 18.2 Å². The van der Waals surface area contributed by atoms with Crippen LogP contribution in [0.5, 0.6) is 0 Å². The SMILES string of the molecule is NC(=S)c1ccc(F)cc1Cn1cc(C(F)(F)F)cn1. The lowest BCUT2D eigenvalue weighted by atomic mass is 10.1. The summed E-state index contributed by atoms with van der Waals surface area (Å²) in [5, 5.41) is 3.60. The molecule has 0 aliphatic heterocycles. The molecule has 0 saturated carbocycles. The summed E-state index contributed by atoms with van der Waals surface area (Å²) in [7, 11) is 0. The maximum Gasteiger partial charge on any atom is 0.419 e. The number of nitrogens with zero attached hydrogens (tertiary/aromatic N) is 2. The van der Waals surface area contributed by atoms with Crippen molar-refractivity contribution in [3.8, 4) is 0 Å². The Morgan fingerprint density at radius 1 is 1.35 bits per heavy atom. The van der Waals surface area contributed by atoms with Gasteiger partial charge in [0.1, 0.15) is 10.8 Å². The largest absolute Gasteiger partial charge is 0.419 e. The van der Waals surface area contributed by atoms with Gasteiger partial charge in [-0.05, 0) is 23.8 Å². The molecule has 1 aromatic carbocycles. The molecule has 0 radical (unpaired) electrons. The molecule has 2 rings (SSSR count). The van der Waals surface area contributed by atoms with Crippen molar-refractivity contribution in [3.05, 3.63) is 53.1 Å². The molecular weight excluding hydrogens is 294 g/mol. The van der Waals surface area contributed by atoms with Crippen LogP contribution in [0.3, 0.4) is 0 Å². The van der Waals surface area contributed by atoms with Crippen LogP contribution in [0.15, 0.2) is 30.6 Å². The molecule has 106 valence electrons.